The van der Waals surface area contributed by atoms with E-state index in [9.17, 15) is 0 Å². The molecule has 1 aliphatic rings. The molecule has 0 amide bonds. The van der Waals surface area contributed by atoms with Crippen molar-refractivity contribution in [3.8, 4) is 10.6 Å². The molecule has 2 aromatic rings. The molecule has 1 unspecified atom stereocenters. The zero-order valence-electron chi connectivity index (χ0n) is 12.9. The Balaban J connectivity index is 1.50. The van der Waals surface area contributed by atoms with E-state index in [0.717, 1.165) is 34.2 Å². The lowest BCUT2D eigenvalue weighted by atomic mass is 10.1. The van der Waals surface area contributed by atoms with Crippen LogP contribution in [0.2, 0.25) is 0 Å². The molecule has 1 fully saturated rings. The van der Waals surface area contributed by atoms with Crippen LogP contribution in [0.1, 0.15) is 19.0 Å². The van der Waals surface area contributed by atoms with Gasteiger partial charge in [-0.25, -0.2) is 4.98 Å². The Morgan fingerprint density at radius 2 is 2.36 bits per heavy atom. The van der Waals surface area contributed by atoms with Gasteiger partial charge in [0.15, 0.2) is 0 Å². The molecule has 1 aromatic carbocycles. The van der Waals surface area contributed by atoms with Gasteiger partial charge in [-0.2, -0.15) is 0 Å². The molecule has 1 atom stereocenters. The maximum absolute atomic E-state index is 4.74. The topological polar surface area (TPSA) is 28.2 Å². The number of benzene rings is 1. The molecule has 1 aromatic heterocycles. The fourth-order valence-electron chi connectivity index (χ4n) is 2.91. The van der Waals surface area contributed by atoms with Crippen molar-refractivity contribution >= 4 is 27.3 Å². The van der Waals surface area contributed by atoms with Gasteiger partial charge in [-0.15, -0.1) is 11.3 Å². The molecule has 118 valence electrons. The van der Waals surface area contributed by atoms with Gasteiger partial charge in [0.05, 0.1) is 5.69 Å². The number of halogens is 1. The molecule has 0 saturated carbocycles. The van der Waals surface area contributed by atoms with Crippen molar-refractivity contribution in [2.75, 3.05) is 26.2 Å². The van der Waals surface area contributed by atoms with E-state index >= 15 is 0 Å². The van der Waals surface area contributed by atoms with Crippen LogP contribution in [0, 0.1) is 5.92 Å². The Labute approximate surface area is 144 Å². The van der Waals surface area contributed by atoms with Crippen molar-refractivity contribution in [3.05, 3.63) is 39.8 Å². The highest BCUT2D eigenvalue weighted by atomic mass is 79.9. The van der Waals surface area contributed by atoms with Crippen molar-refractivity contribution in [1.29, 1.82) is 0 Å². The summed E-state index contributed by atoms with van der Waals surface area (Å²) in [5, 5.41) is 6.83. The fraction of sp³-hybridized carbons (Fsp3) is 0.471. The molecule has 2 heterocycles. The molecular weight excluding hydrogens is 358 g/mol. The third-order valence-corrected chi connectivity index (χ3v) is 5.61. The second kappa shape index (κ2) is 7.68. The van der Waals surface area contributed by atoms with Crippen molar-refractivity contribution in [1.82, 2.24) is 15.2 Å². The minimum Gasteiger partial charge on any atom is -0.311 e. The van der Waals surface area contributed by atoms with Crippen LogP contribution in [0.5, 0.6) is 0 Å². The largest absolute Gasteiger partial charge is 0.311 e. The monoisotopic (exact) mass is 379 g/mol. The number of rotatable bonds is 6. The van der Waals surface area contributed by atoms with Crippen molar-refractivity contribution in [3.63, 3.8) is 0 Å². The first kappa shape index (κ1) is 16.1. The van der Waals surface area contributed by atoms with E-state index in [1.807, 2.05) is 6.07 Å². The lowest BCUT2D eigenvalue weighted by molar-refractivity contribution is 0.339. The number of aromatic nitrogens is 1. The van der Waals surface area contributed by atoms with Crippen LogP contribution >= 0.6 is 27.3 Å². The van der Waals surface area contributed by atoms with Gasteiger partial charge in [0, 0.05) is 28.5 Å². The normalized spacial score (nSPS) is 18.9. The number of hydrogen-bond acceptors (Lipinski definition) is 4. The predicted molar refractivity (Wildman–Crippen MR) is 97.2 cm³/mol. The first-order valence-corrected chi connectivity index (χ1v) is 9.55. The minimum atomic E-state index is 0.795. The Bertz CT molecular complexity index is 613. The second-order valence-corrected chi connectivity index (χ2v) is 7.61. The van der Waals surface area contributed by atoms with E-state index in [4.69, 9.17) is 4.98 Å². The van der Waals surface area contributed by atoms with Crippen LogP contribution in [0.4, 0.5) is 0 Å². The van der Waals surface area contributed by atoms with Crippen LogP contribution in [-0.2, 0) is 6.54 Å². The van der Waals surface area contributed by atoms with Gasteiger partial charge in [0.1, 0.15) is 5.01 Å². The molecule has 0 spiro atoms. The standard InChI is InChI=1S/C17H22BrN3S/c1-2-21-7-6-13(11-21)9-19-10-16-12-22-17(20-16)14-4-3-5-15(18)8-14/h3-5,8,12-13,19H,2,6-7,9-11H2,1H3. The molecule has 1 N–H and O–H groups in total. The Hall–Kier alpha value is -0.750. The lowest BCUT2D eigenvalue weighted by Gasteiger charge is -2.13. The summed E-state index contributed by atoms with van der Waals surface area (Å²) in [6.45, 7) is 7.89. The average molecular weight is 380 g/mol. The Kier molecular flexibility index (Phi) is 5.63. The van der Waals surface area contributed by atoms with E-state index in [-0.39, 0.29) is 0 Å². The third-order valence-electron chi connectivity index (χ3n) is 4.18. The van der Waals surface area contributed by atoms with Gasteiger partial charge < -0.3 is 10.2 Å². The maximum atomic E-state index is 4.74. The molecule has 1 aliphatic heterocycles. The summed E-state index contributed by atoms with van der Waals surface area (Å²) in [5.41, 5.74) is 2.32. The molecule has 0 bridgehead atoms. The Morgan fingerprint density at radius 1 is 1.45 bits per heavy atom. The second-order valence-electron chi connectivity index (χ2n) is 5.83. The number of thiazole rings is 1. The van der Waals surface area contributed by atoms with Crippen LogP contribution in [-0.4, -0.2) is 36.1 Å². The predicted octanol–water partition coefficient (Wildman–Crippen LogP) is 4.00. The maximum Gasteiger partial charge on any atom is 0.123 e. The first-order chi connectivity index (χ1) is 10.7. The molecule has 22 heavy (non-hydrogen) atoms. The summed E-state index contributed by atoms with van der Waals surface area (Å²) < 4.78 is 1.10. The summed E-state index contributed by atoms with van der Waals surface area (Å²) in [5.74, 6) is 0.795. The molecule has 3 nitrogen and oxygen atoms in total. The van der Waals surface area contributed by atoms with Crippen LogP contribution < -0.4 is 5.32 Å². The van der Waals surface area contributed by atoms with E-state index in [0.29, 0.717) is 0 Å². The van der Waals surface area contributed by atoms with Crippen LogP contribution in [0.3, 0.4) is 0 Å². The average Bonchev–Trinajstić information content (AvgIpc) is 3.16. The summed E-state index contributed by atoms with van der Waals surface area (Å²) in [7, 11) is 0. The first-order valence-electron chi connectivity index (χ1n) is 7.88. The van der Waals surface area contributed by atoms with E-state index in [1.54, 1.807) is 11.3 Å². The van der Waals surface area contributed by atoms with Gasteiger partial charge in [0.25, 0.3) is 0 Å². The van der Waals surface area contributed by atoms with Crippen molar-refractivity contribution in [2.24, 2.45) is 5.92 Å². The number of hydrogen-bond donors (Lipinski definition) is 1. The SMILES string of the molecule is CCN1CCC(CNCc2csc(-c3cccc(Br)c3)n2)C1. The molecular formula is C17H22BrN3S. The molecule has 5 heteroatoms. The van der Waals surface area contributed by atoms with Gasteiger partial charge in [-0.1, -0.05) is 35.0 Å². The number of nitrogens with zero attached hydrogens (tertiary/aromatic N) is 2. The van der Waals surface area contributed by atoms with Crippen LogP contribution in [0.25, 0.3) is 10.6 Å². The minimum absolute atomic E-state index is 0.795. The number of nitrogens with one attached hydrogen (secondary N) is 1. The van der Waals surface area contributed by atoms with Gasteiger partial charge in [-0.3, -0.25) is 0 Å². The van der Waals surface area contributed by atoms with E-state index < -0.39 is 0 Å². The lowest BCUT2D eigenvalue weighted by Crippen LogP contribution is -2.26. The highest BCUT2D eigenvalue weighted by Crippen LogP contribution is 2.26. The summed E-state index contributed by atoms with van der Waals surface area (Å²) in [6, 6.07) is 8.33. The van der Waals surface area contributed by atoms with Crippen molar-refractivity contribution < 1.29 is 0 Å². The summed E-state index contributed by atoms with van der Waals surface area (Å²) in [4.78, 5) is 7.27. The van der Waals surface area contributed by atoms with E-state index in [2.05, 4.69) is 56.6 Å². The highest BCUT2D eigenvalue weighted by Gasteiger charge is 2.20. The van der Waals surface area contributed by atoms with Gasteiger partial charge in [-0.05, 0) is 44.1 Å². The highest BCUT2D eigenvalue weighted by molar-refractivity contribution is 9.10. The van der Waals surface area contributed by atoms with Crippen LogP contribution in [0.15, 0.2) is 34.1 Å². The zero-order chi connectivity index (χ0) is 15.4. The number of likely N-dealkylation sites (tertiary alicyclic amines) is 1. The van der Waals surface area contributed by atoms with Gasteiger partial charge in [0.2, 0.25) is 0 Å². The molecule has 0 radical (unpaired) electrons. The smallest absolute Gasteiger partial charge is 0.123 e. The third kappa shape index (κ3) is 4.16. The fourth-order valence-corrected chi connectivity index (χ4v) is 4.13. The summed E-state index contributed by atoms with van der Waals surface area (Å²) >= 11 is 5.23. The van der Waals surface area contributed by atoms with Gasteiger partial charge >= 0.3 is 0 Å². The molecule has 3 rings (SSSR count). The molecule has 0 aliphatic carbocycles. The zero-order valence-corrected chi connectivity index (χ0v) is 15.3. The Morgan fingerprint density at radius 3 is 3.14 bits per heavy atom. The van der Waals surface area contributed by atoms with Crippen molar-refractivity contribution in [2.45, 2.75) is 19.9 Å². The van der Waals surface area contributed by atoms with E-state index in [1.165, 1.54) is 31.6 Å². The quantitative estimate of drug-likeness (QED) is 0.821. The summed E-state index contributed by atoms with van der Waals surface area (Å²) in [6.07, 6.45) is 1.32. The molecule has 1 saturated heterocycles.